The molecule has 0 spiro atoms. The summed E-state index contributed by atoms with van der Waals surface area (Å²) in [6.07, 6.45) is 0.513. The third-order valence-corrected chi connectivity index (χ3v) is 5.52. The Kier molecular flexibility index (Phi) is 5.03. The summed E-state index contributed by atoms with van der Waals surface area (Å²) in [6.45, 7) is 2.45. The molecule has 0 bridgehead atoms. The quantitative estimate of drug-likeness (QED) is 0.874. The van der Waals surface area contributed by atoms with E-state index in [1.165, 1.54) is 0 Å². The van der Waals surface area contributed by atoms with Gasteiger partial charge in [0, 0.05) is 18.3 Å². The van der Waals surface area contributed by atoms with Crippen LogP contribution in [0.2, 0.25) is 0 Å². The average molecular weight is 321 g/mol. The maximum atomic E-state index is 12.3. The Bertz CT molecular complexity index is 677. The van der Waals surface area contributed by atoms with Gasteiger partial charge >= 0.3 is 0 Å². The maximum absolute atomic E-state index is 12.3. The summed E-state index contributed by atoms with van der Waals surface area (Å²) in [6, 6.07) is 8.64. The van der Waals surface area contributed by atoms with Crippen molar-refractivity contribution in [1.29, 1.82) is 5.26 Å². The fourth-order valence-corrected chi connectivity index (χ4v) is 4.33. The Morgan fingerprint density at radius 3 is 2.59 bits per heavy atom. The van der Waals surface area contributed by atoms with Gasteiger partial charge in [-0.25, -0.2) is 8.42 Å². The molecule has 1 unspecified atom stereocenters. The lowest BCUT2D eigenvalue weighted by molar-refractivity contribution is -0.130. The molecule has 0 aromatic heterocycles. The predicted octanol–water partition coefficient (Wildman–Crippen LogP) is 1.01. The van der Waals surface area contributed by atoms with Crippen molar-refractivity contribution >= 4 is 21.4 Å². The van der Waals surface area contributed by atoms with E-state index < -0.39 is 9.84 Å². The van der Waals surface area contributed by atoms with E-state index >= 15 is 0 Å². The van der Waals surface area contributed by atoms with Gasteiger partial charge < -0.3 is 10.2 Å². The van der Waals surface area contributed by atoms with Crippen LogP contribution in [-0.4, -0.2) is 49.9 Å². The van der Waals surface area contributed by atoms with Crippen molar-refractivity contribution in [1.82, 2.24) is 4.90 Å². The van der Waals surface area contributed by atoms with Crippen molar-refractivity contribution in [3.05, 3.63) is 29.8 Å². The molecule has 0 aliphatic carbocycles. The van der Waals surface area contributed by atoms with Gasteiger partial charge in [-0.15, -0.1) is 0 Å². The molecule has 1 aliphatic heterocycles. The molecule has 22 heavy (non-hydrogen) atoms. The highest BCUT2D eigenvalue weighted by Crippen LogP contribution is 2.18. The zero-order chi connectivity index (χ0) is 16.2. The van der Waals surface area contributed by atoms with Gasteiger partial charge in [0.25, 0.3) is 0 Å². The molecule has 1 saturated heterocycles. The van der Waals surface area contributed by atoms with E-state index in [0.29, 0.717) is 18.5 Å². The van der Waals surface area contributed by atoms with Crippen molar-refractivity contribution in [3.63, 3.8) is 0 Å². The van der Waals surface area contributed by atoms with E-state index in [-0.39, 0.29) is 30.0 Å². The highest BCUT2D eigenvalue weighted by molar-refractivity contribution is 7.91. The number of carbonyl (C=O) groups excluding carboxylic acids is 1. The van der Waals surface area contributed by atoms with Crippen LogP contribution in [0, 0.1) is 11.3 Å². The molecule has 1 aliphatic rings. The molecule has 7 heteroatoms. The van der Waals surface area contributed by atoms with Gasteiger partial charge in [-0.05, 0) is 37.6 Å². The molecule has 118 valence electrons. The first-order valence-electron chi connectivity index (χ1n) is 7.19. The van der Waals surface area contributed by atoms with E-state index in [9.17, 15) is 13.2 Å². The summed E-state index contributed by atoms with van der Waals surface area (Å²) in [5.74, 6) is 0.0995. The molecule has 1 N–H and O–H groups in total. The summed E-state index contributed by atoms with van der Waals surface area (Å²) in [7, 11) is -3.00. The first-order chi connectivity index (χ1) is 10.4. The molecule has 1 amide bonds. The van der Waals surface area contributed by atoms with Crippen molar-refractivity contribution in [2.45, 2.75) is 19.4 Å². The molecule has 2 rings (SSSR count). The number of nitriles is 1. The third kappa shape index (κ3) is 3.98. The number of sulfone groups is 1. The maximum Gasteiger partial charge on any atom is 0.242 e. The first-order valence-corrected chi connectivity index (χ1v) is 9.01. The normalized spacial score (nSPS) is 19.4. The second kappa shape index (κ2) is 6.79. The smallest absolute Gasteiger partial charge is 0.242 e. The van der Waals surface area contributed by atoms with Crippen LogP contribution >= 0.6 is 0 Å². The number of benzene rings is 1. The number of nitrogens with one attached hydrogen (secondary N) is 1. The molecular weight excluding hydrogens is 302 g/mol. The van der Waals surface area contributed by atoms with Gasteiger partial charge in [-0.1, -0.05) is 0 Å². The molecule has 1 aromatic rings. The van der Waals surface area contributed by atoms with Crippen LogP contribution in [0.3, 0.4) is 0 Å². The minimum atomic E-state index is -3.00. The minimum Gasteiger partial charge on any atom is -0.376 e. The molecule has 0 radical (unpaired) electrons. The molecule has 6 nitrogen and oxygen atoms in total. The van der Waals surface area contributed by atoms with Crippen molar-refractivity contribution in [2.75, 3.05) is 29.9 Å². The fraction of sp³-hybridized carbons (Fsp3) is 0.467. The van der Waals surface area contributed by atoms with Crippen LogP contribution < -0.4 is 5.32 Å². The number of hydrogen-bond donors (Lipinski definition) is 1. The lowest BCUT2D eigenvalue weighted by Crippen LogP contribution is -2.43. The average Bonchev–Trinajstić information content (AvgIpc) is 2.86. The molecular formula is C15H19N3O3S. The van der Waals surface area contributed by atoms with Crippen LogP contribution in [0.25, 0.3) is 0 Å². The Balaban J connectivity index is 1.93. The SMILES string of the molecule is CCN(C(=O)CNc1ccc(C#N)cc1)C1CCS(=O)(=O)C1. The van der Waals surface area contributed by atoms with Crippen LogP contribution in [0.1, 0.15) is 18.9 Å². The van der Waals surface area contributed by atoms with E-state index in [0.717, 1.165) is 5.69 Å². The van der Waals surface area contributed by atoms with E-state index in [4.69, 9.17) is 5.26 Å². The van der Waals surface area contributed by atoms with Gasteiger partial charge in [0.15, 0.2) is 9.84 Å². The topological polar surface area (TPSA) is 90.3 Å². The summed E-state index contributed by atoms with van der Waals surface area (Å²) >= 11 is 0. The van der Waals surface area contributed by atoms with Crippen molar-refractivity contribution < 1.29 is 13.2 Å². The predicted molar refractivity (Wildman–Crippen MR) is 84.1 cm³/mol. The largest absolute Gasteiger partial charge is 0.376 e. The van der Waals surface area contributed by atoms with Gasteiger partial charge in [-0.2, -0.15) is 5.26 Å². The van der Waals surface area contributed by atoms with Gasteiger partial charge in [0.1, 0.15) is 0 Å². The number of rotatable bonds is 5. The Labute approximate surface area is 130 Å². The van der Waals surface area contributed by atoms with Gasteiger partial charge in [0.05, 0.1) is 29.7 Å². The molecule has 1 heterocycles. The lowest BCUT2D eigenvalue weighted by Gasteiger charge is -2.27. The molecule has 0 saturated carbocycles. The standard InChI is InChI=1S/C15H19N3O3S/c1-2-18(14-7-8-22(20,21)11-14)15(19)10-17-13-5-3-12(9-16)4-6-13/h3-6,14,17H,2,7-8,10-11H2,1H3. The van der Waals surface area contributed by atoms with E-state index in [1.807, 2.05) is 13.0 Å². The summed E-state index contributed by atoms with van der Waals surface area (Å²) in [4.78, 5) is 13.9. The number of amides is 1. The highest BCUT2D eigenvalue weighted by atomic mass is 32.2. The van der Waals surface area contributed by atoms with Crippen molar-refractivity contribution in [3.8, 4) is 6.07 Å². The van der Waals surface area contributed by atoms with E-state index in [1.54, 1.807) is 29.2 Å². The number of likely N-dealkylation sites (N-methyl/N-ethyl adjacent to an activating group) is 1. The van der Waals surface area contributed by atoms with Crippen molar-refractivity contribution in [2.24, 2.45) is 0 Å². The zero-order valence-electron chi connectivity index (χ0n) is 12.4. The third-order valence-electron chi connectivity index (χ3n) is 3.77. The Morgan fingerprint density at radius 1 is 1.41 bits per heavy atom. The van der Waals surface area contributed by atoms with Crippen LogP contribution in [0.4, 0.5) is 5.69 Å². The van der Waals surface area contributed by atoms with Gasteiger partial charge in [-0.3, -0.25) is 4.79 Å². The number of carbonyl (C=O) groups is 1. The number of nitrogens with zero attached hydrogens (tertiary/aromatic N) is 2. The zero-order valence-corrected chi connectivity index (χ0v) is 13.3. The van der Waals surface area contributed by atoms with E-state index in [2.05, 4.69) is 5.32 Å². The number of anilines is 1. The fourth-order valence-electron chi connectivity index (χ4n) is 2.60. The molecule has 1 atom stereocenters. The molecule has 1 fully saturated rings. The van der Waals surface area contributed by atoms with Gasteiger partial charge in [0.2, 0.25) is 5.91 Å². The monoisotopic (exact) mass is 321 g/mol. The second-order valence-electron chi connectivity index (χ2n) is 5.28. The summed E-state index contributed by atoms with van der Waals surface area (Å²) < 4.78 is 23.1. The number of hydrogen-bond acceptors (Lipinski definition) is 5. The van der Waals surface area contributed by atoms with Crippen LogP contribution in [0.5, 0.6) is 0 Å². The minimum absolute atomic E-state index is 0.0590. The summed E-state index contributed by atoms with van der Waals surface area (Å²) in [5.41, 5.74) is 1.31. The Morgan fingerprint density at radius 2 is 2.09 bits per heavy atom. The van der Waals surface area contributed by atoms with Crippen LogP contribution in [-0.2, 0) is 14.6 Å². The Hall–Kier alpha value is -2.07. The lowest BCUT2D eigenvalue weighted by atomic mass is 10.2. The summed E-state index contributed by atoms with van der Waals surface area (Å²) in [5, 5.41) is 11.7. The molecule has 1 aromatic carbocycles. The second-order valence-corrected chi connectivity index (χ2v) is 7.51. The first kappa shape index (κ1) is 16.3. The highest BCUT2D eigenvalue weighted by Gasteiger charge is 2.33. The van der Waals surface area contributed by atoms with Crippen LogP contribution in [0.15, 0.2) is 24.3 Å².